The van der Waals surface area contributed by atoms with E-state index in [4.69, 9.17) is 4.74 Å². The van der Waals surface area contributed by atoms with E-state index < -0.39 is 0 Å². The fourth-order valence-corrected chi connectivity index (χ4v) is 2.75. The highest BCUT2D eigenvalue weighted by Gasteiger charge is 2.40. The predicted molar refractivity (Wildman–Crippen MR) is 69.5 cm³/mol. The lowest BCUT2D eigenvalue weighted by molar-refractivity contribution is -0.141. The van der Waals surface area contributed by atoms with Crippen molar-refractivity contribution in [2.45, 2.75) is 31.4 Å². The smallest absolute Gasteiger partial charge is 0.254 e. The van der Waals surface area contributed by atoms with Crippen LogP contribution < -0.4 is 4.74 Å². The predicted octanol–water partition coefficient (Wildman–Crippen LogP) is 1.91. The molecule has 19 heavy (non-hydrogen) atoms. The maximum atomic E-state index is 11.7. The lowest BCUT2D eigenvalue weighted by atomic mass is 10.2. The molecule has 1 heterocycles. The van der Waals surface area contributed by atoms with Crippen molar-refractivity contribution in [2.75, 3.05) is 0 Å². The lowest BCUT2D eigenvalue weighted by Crippen LogP contribution is -2.46. The Bertz CT molecular complexity index is 505. The highest BCUT2D eigenvalue weighted by Crippen LogP contribution is 2.30. The summed E-state index contributed by atoms with van der Waals surface area (Å²) in [7, 11) is 0. The number of hydrogen-bond donors (Lipinski definition) is 0. The van der Waals surface area contributed by atoms with E-state index in [0.717, 1.165) is 25.0 Å². The summed E-state index contributed by atoms with van der Waals surface area (Å²) in [6, 6.07) is 9.38. The van der Waals surface area contributed by atoms with Crippen molar-refractivity contribution < 1.29 is 14.3 Å². The first-order valence-electron chi connectivity index (χ1n) is 6.52. The van der Waals surface area contributed by atoms with Crippen molar-refractivity contribution in [3.05, 3.63) is 42.5 Å². The van der Waals surface area contributed by atoms with Crippen LogP contribution in [0, 0.1) is 0 Å². The third-order valence-corrected chi connectivity index (χ3v) is 3.62. The standard InChI is InChI=1S/C15H15NO3/c17-14-9-10-15(18)16(14)12-7-4-8-13(12)19-11-5-2-1-3-6-11/h1-3,5-6,9-10,12-13H,4,7-8H2/t12-,13-/m0/s1. The van der Waals surface area contributed by atoms with E-state index in [2.05, 4.69) is 0 Å². The molecule has 1 fully saturated rings. The van der Waals surface area contributed by atoms with Crippen LogP contribution >= 0.6 is 0 Å². The number of nitrogens with zero attached hydrogens (tertiary/aromatic N) is 1. The minimum atomic E-state index is -0.224. The number of hydrogen-bond acceptors (Lipinski definition) is 3. The molecule has 3 rings (SSSR count). The summed E-state index contributed by atoms with van der Waals surface area (Å²) < 4.78 is 5.92. The van der Waals surface area contributed by atoms with Crippen LogP contribution in [0.4, 0.5) is 0 Å². The SMILES string of the molecule is O=C1C=CC(=O)N1[C@H]1CCC[C@@H]1Oc1ccccc1. The minimum absolute atomic E-state index is 0.102. The second-order valence-corrected chi connectivity index (χ2v) is 4.85. The van der Waals surface area contributed by atoms with Crippen molar-refractivity contribution in [3.63, 3.8) is 0 Å². The van der Waals surface area contributed by atoms with Crippen molar-refractivity contribution in [2.24, 2.45) is 0 Å². The highest BCUT2D eigenvalue weighted by atomic mass is 16.5. The molecule has 4 heteroatoms. The second-order valence-electron chi connectivity index (χ2n) is 4.85. The third-order valence-electron chi connectivity index (χ3n) is 3.62. The van der Waals surface area contributed by atoms with Gasteiger partial charge in [-0.2, -0.15) is 0 Å². The molecule has 1 aromatic carbocycles. The number of ether oxygens (including phenoxy) is 1. The Morgan fingerprint density at radius 1 is 1.00 bits per heavy atom. The molecule has 1 aliphatic heterocycles. The zero-order valence-corrected chi connectivity index (χ0v) is 10.5. The molecule has 2 amide bonds. The molecule has 0 unspecified atom stereocenters. The van der Waals surface area contributed by atoms with E-state index in [9.17, 15) is 9.59 Å². The number of amides is 2. The average Bonchev–Trinajstić information content (AvgIpc) is 2.98. The van der Waals surface area contributed by atoms with Gasteiger partial charge in [-0.05, 0) is 31.4 Å². The molecule has 0 N–H and O–H groups in total. The molecule has 0 spiro atoms. The first-order chi connectivity index (χ1) is 9.25. The molecule has 1 aliphatic carbocycles. The van der Waals surface area contributed by atoms with Crippen LogP contribution in [0.1, 0.15) is 19.3 Å². The van der Waals surface area contributed by atoms with Crippen molar-refractivity contribution in [1.29, 1.82) is 0 Å². The molecule has 98 valence electrons. The van der Waals surface area contributed by atoms with Crippen molar-refractivity contribution >= 4 is 11.8 Å². The van der Waals surface area contributed by atoms with Crippen LogP contribution in [-0.2, 0) is 9.59 Å². The Morgan fingerprint density at radius 2 is 1.68 bits per heavy atom. The van der Waals surface area contributed by atoms with Crippen LogP contribution in [0.3, 0.4) is 0 Å². The Balaban J connectivity index is 1.75. The van der Waals surface area contributed by atoms with Crippen LogP contribution in [0.25, 0.3) is 0 Å². The van der Waals surface area contributed by atoms with Gasteiger partial charge < -0.3 is 4.74 Å². The van der Waals surface area contributed by atoms with Gasteiger partial charge in [0.1, 0.15) is 11.9 Å². The summed E-state index contributed by atoms with van der Waals surface area (Å²) in [6.07, 6.45) is 5.22. The van der Waals surface area contributed by atoms with Crippen molar-refractivity contribution in [3.8, 4) is 5.75 Å². The minimum Gasteiger partial charge on any atom is -0.488 e. The average molecular weight is 257 g/mol. The molecule has 4 nitrogen and oxygen atoms in total. The molecule has 0 radical (unpaired) electrons. The summed E-state index contributed by atoms with van der Waals surface area (Å²) >= 11 is 0. The van der Waals surface area contributed by atoms with E-state index >= 15 is 0 Å². The normalized spacial score (nSPS) is 26.2. The second kappa shape index (κ2) is 4.88. The van der Waals surface area contributed by atoms with Gasteiger partial charge in [0.25, 0.3) is 11.8 Å². The molecular weight excluding hydrogens is 242 g/mol. The Labute approximate surface area is 111 Å². The zero-order chi connectivity index (χ0) is 13.2. The molecule has 0 aromatic heterocycles. The van der Waals surface area contributed by atoms with E-state index in [1.807, 2.05) is 30.3 Å². The quantitative estimate of drug-likeness (QED) is 0.777. The topological polar surface area (TPSA) is 46.6 Å². The van der Waals surface area contributed by atoms with Gasteiger partial charge in [0.05, 0.1) is 6.04 Å². The number of imide groups is 1. The van der Waals surface area contributed by atoms with Crippen LogP contribution in [0.2, 0.25) is 0 Å². The number of carbonyl (C=O) groups is 2. The number of benzene rings is 1. The van der Waals surface area contributed by atoms with Gasteiger partial charge in [-0.3, -0.25) is 14.5 Å². The fraction of sp³-hybridized carbons (Fsp3) is 0.333. The molecule has 1 saturated carbocycles. The summed E-state index contributed by atoms with van der Waals surface area (Å²) in [4.78, 5) is 24.8. The van der Waals surface area contributed by atoms with Gasteiger partial charge >= 0.3 is 0 Å². The monoisotopic (exact) mass is 257 g/mol. The van der Waals surface area contributed by atoms with E-state index in [-0.39, 0.29) is 24.0 Å². The molecular formula is C15H15NO3. The van der Waals surface area contributed by atoms with E-state index in [1.165, 1.54) is 17.1 Å². The zero-order valence-electron chi connectivity index (χ0n) is 10.5. The van der Waals surface area contributed by atoms with Crippen molar-refractivity contribution in [1.82, 2.24) is 4.90 Å². The first kappa shape index (κ1) is 12.0. The fourth-order valence-electron chi connectivity index (χ4n) is 2.75. The maximum absolute atomic E-state index is 11.7. The number of para-hydroxylation sites is 1. The first-order valence-corrected chi connectivity index (χ1v) is 6.52. The number of rotatable bonds is 3. The molecule has 0 bridgehead atoms. The highest BCUT2D eigenvalue weighted by molar-refractivity contribution is 6.13. The van der Waals surface area contributed by atoms with Crippen LogP contribution in [-0.4, -0.2) is 28.9 Å². The Hall–Kier alpha value is -2.10. The number of carbonyl (C=O) groups excluding carboxylic acids is 2. The molecule has 2 aliphatic rings. The Morgan fingerprint density at radius 3 is 2.37 bits per heavy atom. The van der Waals surface area contributed by atoms with E-state index in [1.54, 1.807) is 0 Å². The van der Waals surface area contributed by atoms with Gasteiger partial charge in [0.15, 0.2) is 0 Å². The van der Waals surface area contributed by atoms with Crippen LogP contribution in [0.5, 0.6) is 5.75 Å². The van der Waals surface area contributed by atoms with E-state index in [0.29, 0.717) is 0 Å². The maximum Gasteiger partial charge on any atom is 0.254 e. The third kappa shape index (κ3) is 2.26. The summed E-state index contributed by atoms with van der Waals surface area (Å²) in [6.45, 7) is 0. The molecule has 1 aromatic rings. The largest absolute Gasteiger partial charge is 0.488 e. The molecule has 2 atom stereocenters. The summed E-state index contributed by atoms with van der Waals surface area (Å²) in [5.74, 6) is 0.337. The van der Waals surface area contributed by atoms with Gasteiger partial charge in [-0.15, -0.1) is 0 Å². The lowest BCUT2D eigenvalue weighted by Gasteiger charge is -2.28. The Kier molecular flexibility index (Phi) is 3.07. The van der Waals surface area contributed by atoms with Gasteiger partial charge in [-0.25, -0.2) is 0 Å². The van der Waals surface area contributed by atoms with Gasteiger partial charge in [0, 0.05) is 12.2 Å². The van der Waals surface area contributed by atoms with Crippen LogP contribution in [0.15, 0.2) is 42.5 Å². The summed E-state index contributed by atoms with van der Waals surface area (Å²) in [5.41, 5.74) is 0. The van der Waals surface area contributed by atoms with Gasteiger partial charge in [0.2, 0.25) is 0 Å². The molecule has 0 saturated heterocycles. The summed E-state index contributed by atoms with van der Waals surface area (Å²) in [5, 5.41) is 0. The van der Waals surface area contributed by atoms with Gasteiger partial charge in [-0.1, -0.05) is 18.2 Å².